The summed E-state index contributed by atoms with van der Waals surface area (Å²) in [7, 11) is 0. The van der Waals surface area contributed by atoms with E-state index in [1.165, 1.54) is 19.3 Å². The molecule has 0 saturated carbocycles. The predicted molar refractivity (Wildman–Crippen MR) is 97.8 cm³/mol. The third-order valence-electron chi connectivity index (χ3n) is 3.76. The van der Waals surface area contributed by atoms with E-state index < -0.39 is 0 Å². The Morgan fingerprint density at radius 1 is 0.875 bits per heavy atom. The number of esters is 2. The second kappa shape index (κ2) is 13.3. The van der Waals surface area contributed by atoms with Crippen LogP contribution in [0, 0.1) is 11.3 Å². The Kier molecular flexibility index (Phi) is 12.7. The van der Waals surface area contributed by atoms with Gasteiger partial charge in [-0.1, -0.05) is 60.3 Å². The Hall–Kier alpha value is -1.06. The summed E-state index contributed by atoms with van der Waals surface area (Å²) in [5, 5.41) is 0. The number of rotatable bonds is 13. The van der Waals surface area contributed by atoms with Crippen LogP contribution in [-0.4, -0.2) is 25.2 Å². The van der Waals surface area contributed by atoms with Crippen LogP contribution < -0.4 is 0 Å². The van der Waals surface area contributed by atoms with Crippen molar-refractivity contribution >= 4 is 11.9 Å². The van der Waals surface area contributed by atoms with Crippen molar-refractivity contribution in [3.05, 3.63) is 0 Å². The lowest BCUT2D eigenvalue weighted by molar-refractivity contribution is -0.146. The van der Waals surface area contributed by atoms with Gasteiger partial charge in [0.15, 0.2) is 0 Å². The second-order valence-electron chi connectivity index (χ2n) is 8.04. The van der Waals surface area contributed by atoms with Crippen LogP contribution in [0.25, 0.3) is 0 Å². The molecule has 0 saturated heterocycles. The van der Waals surface area contributed by atoms with E-state index in [1.807, 2.05) is 0 Å². The predicted octanol–water partition coefficient (Wildman–Crippen LogP) is 5.29. The lowest BCUT2D eigenvalue weighted by atomic mass is 9.86. The van der Waals surface area contributed by atoms with Gasteiger partial charge < -0.3 is 9.47 Å². The van der Waals surface area contributed by atoms with E-state index in [4.69, 9.17) is 9.47 Å². The van der Waals surface area contributed by atoms with Crippen molar-refractivity contribution in [3.8, 4) is 0 Å². The Labute approximate surface area is 148 Å². The summed E-state index contributed by atoms with van der Waals surface area (Å²) >= 11 is 0. The van der Waals surface area contributed by atoms with Gasteiger partial charge in [-0.15, -0.1) is 0 Å². The van der Waals surface area contributed by atoms with Crippen LogP contribution in [0.4, 0.5) is 0 Å². The maximum Gasteiger partial charge on any atom is 0.305 e. The van der Waals surface area contributed by atoms with Crippen molar-refractivity contribution in [1.29, 1.82) is 0 Å². The molecule has 1 atom stereocenters. The van der Waals surface area contributed by atoms with Gasteiger partial charge in [-0.05, 0) is 30.6 Å². The molecular formula is C20H38O4. The fraction of sp³-hybridized carbons (Fsp3) is 0.900. The average Bonchev–Trinajstić information content (AvgIpc) is 2.47. The summed E-state index contributed by atoms with van der Waals surface area (Å²) in [6.07, 6.45) is 7.80. The first-order valence-corrected chi connectivity index (χ1v) is 9.56. The van der Waals surface area contributed by atoms with Crippen LogP contribution in [-0.2, 0) is 19.1 Å². The van der Waals surface area contributed by atoms with Crippen molar-refractivity contribution in [2.45, 2.75) is 92.4 Å². The molecule has 0 aliphatic carbocycles. The summed E-state index contributed by atoms with van der Waals surface area (Å²) in [5.41, 5.74) is 0.242. The Bertz CT molecular complexity index is 344. The summed E-state index contributed by atoms with van der Waals surface area (Å²) < 4.78 is 10.4. The summed E-state index contributed by atoms with van der Waals surface area (Å²) in [6.45, 7) is 11.8. The molecular weight excluding hydrogens is 304 g/mol. The zero-order valence-corrected chi connectivity index (χ0v) is 16.5. The second-order valence-corrected chi connectivity index (χ2v) is 8.04. The van der Waals surface area contributed by atoms with Crippen LogP contribution in [0.5, 0.6) is 0 Å². The summed E-state index contributed by atoms with van der Waals surface area (Å²) in [6, 6.07) is 0. The van der Waals surface area contributed by atoms with E-state index in [0.29, 0.717) is 32.0 Å². The first-order valence-electron chi connectivity index (χ1n) is 9.56. The van der Waals surface area contributed by atoms with Crippen LogP contribution in [0.2, 0.25) is 0 Å². The highest BCUT2D eigenvalue weighted by Gasteiger charge is 2.16. The standard InChI is InChI=1S/C20H38O4/c1-6-7-8-9-10-14-23-18(21)12-11-13-19(22)24-16-17(2)15-20(3,4)5/h17H,6-16H2,1-5H3. The Morgan fingerprint density at radius 2 is 1.46 bits per heavy atom. The van der Waals surface area contributed by atoms with Crippen molar-refractivity contribution < 1.29 is 19.1 Å². The minimum Gasteiger partial charge on any atom is -0.466 e. The van der Waals surface area contributed by atoms with E-state index in [-0.39, 0.29) is 23.8 Å². The molecule has 0 rings (SSSR count). The van der Waals surface area contributed by atoms with Gasteiger partial charge >= 0.3 is 11.9 Å². The number of ether oxygens (including phenoxy) is 2. The highest BCUT2D eigenvalue weighted by Crippen LogP contribution is 2.24. The molecule has 0 spiro atoms. The van der Waals surface area contributed by atoms with Gasteiger partial charge in [0, 0.05) is 12.8 Å². The molecule has 0 aliphatic rings. The molecule has 0 heterocycles. The maximum absolute atomic E-state index is 11.7. The van der Waals surface area contributed by atoms with Gasteiger partial charge in [-0.2, -0.15) is 0 Å². The highest BCUT2D eigenvalue weighted by molar-refractivity contribution is 5.72. The van der Waals surface area contributed by atoms with Gasteiger partial charge in [0.1, 0.15) is 0 Å². The minimum absolute atomic E-state index is 0.209. The number of carbonyl (C=O) groups is 2. The molecule has 4 heteroatoms. The van der Waals surface area contributed by atoms with Gasteiger partial charge in [0.05, 0.1) is 13.2 Å². The lowest BCUT2D eigenvalue weighted by Gasteiger charge is -2.22. The van der Waals surface area contributed by atoms with E-state index in [9.17, 15) is 9.59 Å². The zero-order valence-electron chi connectivity index (χ0n) is 16.5. The quantitative estimate of drug-likeness (QED) is 0.337. The van der Waals surface area contributed by atoms with E-state index in [2.05, 4.69) is 34.6 Å². The molecule has 0 aliphatic heterocycles. The molecule has 0 radical (unpaired) electrons. The number of unbranched alkanes of at least 4 members (excludes halogenated alkanes) is 4. The molecule has 0 aromatic heterocycles. The van der Waals surface area contributed by atoms with Crippen LogP contribution in [0.15, 0.2) is 0 Å². The first kappa shape index (κ1) is 22.9. The Balaban J connectivity index is 3.58. The number of hydrogen-bond donors (Lipinski definition) is 0. The fourth-order valence-electron chi connectivity index (χ4n) is 2.75. The van der Waals surface area contributed by atoms with Crippen molar-refractivity contribution in [1.82, 2.24) is 0 Å². The number of carbonyl (C=O) groups excluding carboxylic acids is 2. The summed E-state index contributed by atoms with van der Waals surface area (Å²) in [5.74, 6) is -0.0749. The molecule has 0 aromatic rings. The van der Waals surface area contributed by atoms with Gasteiger partial charge in [-0.3, -0.25) is 9.59 Å². The van der Waals surface area contributed by atoms with E-state index in [1.54, 1.807) is 0 Å². The SMILES string of the molecule is CCCCCCCOC(=O)CCCC(=O)OCC(C)CC(C)(C)C. The topological polar surface area (TPSA) is 52.6 Å². The third-order valence-corrected chi connectivity index (χ3v) is 3.76. The molecule has 0 aromatic carbocycles. The van der Waals surface area contributed by atoms with Gasteiger partial charge in [0.25, 0.3) is 0 Å². The van der Waals surface area contributed by atoms with E-state index >= 15 is 0 Å². The molecule has 0 fully saturated rings. The smallest absolute Gasteiger partial charge is 0.305 e. The van der Waals surface area contributed by atoms with Gasteiger partial charge in [0.2, 0.25) is 0 Å². The van der Waals surface area contributed by atoms with Crippen molar-refractivity contribution in [2.24, 2.45) is 11.3 Å². The molecule has 142 valence electrons. The maximum atomic E-state index is 11.7. The Morgan fingerprint density at radius 3 is 2.04 bits per heavy atom. The van der Waals surface area contributed by atoms with Crippen molar-refractivity contribution in [3.63, 3.8) is 0 Å². The fourth-order valence-corrected chi connectivity index (χ4v) is 2.75. The zero-order chi connectivity index (χ0) is 18.4. The molecule has 4 nitrogen and oxygen atoms in total. The normalized spacial score (nSPS) is 12.7. The number of hydrogen-bond acceptors (Lipinski definition) is 4. The van der Waals surface area contributed by atoms with Crippen molar-refractivity contribution in [2.75, 3.05) is 13.2 Å². The molecule has 24 heavy (non-hydrogen) atoms. The van der Waals surface area contributed by atoms with Crippen LogP contribution >= 0.6 is 0 Å². The van der Waals surface area contributed by atoms with Gasteiger partial charge in [-0.25, -0.2) is 0 Å². The molecule has 0 N–H and O–H groups in total. The third kappa shape index (κ3) is 15.8. The van der Waals surface area contributed by atoms with Crippen LogP contribution in [0.3, 0.4) is 0 Å². The monoisotopic (exact) mass is 342 g/mol. The largest absolute Gasteiger partial charge is 0.466 e. The van der Waals surface area contributed by atoms with Crippen LogP contribution in [0.1, 0.15) is 92.4 Å². The van der Waals surface area contributed by atoms with E-state index in [0.717, 1.165) is 19.3 Å². The molecule has 0 bridgehead atoms. The highest BCUT2D eigenvalue weighted by atomic mass is 16.5. The lowest BCUT2D eigenvalue weighted by Crippen LogP contribution is -2.17. The first-order chi connectivity index (χ1) is 11.2. The molecule has 1 unspecified atom stereocenters. The molecule has 0 amide bonds. The average molecular weight is 343 g/mol. The summed E-state index contributed by atoms with van der Waals surface area (Å²) in [4.78, 5) is 23.2. The minimum atomic E-state index is -0.219.